The van der Waals surface area contributed by atoms with E-state index in [9.17, 15) is 13.5 Å². The molecule has 33 heavy (non-hydrogen) atoms. The molecular weight excluding hydrogens is 462 g/mol. The van der Waals surface area contributed by atoms with E-state index >= 15 is 0 Å². The first kappa shape index (κ1) is 22.7. The van der Waals surface area contributed by atoms with E-state index < -0.39 is 16.4 Å². The fourth-order valence-electron chi connectivity index (χ4n) is 5.31. The van der Waals surface area contributed by atoms with Gasteiger partial charge in [-0.1, -0.05) is 6.07 Å². The van der Waals surface area contributed by atoms with Gasteiger partial charge in [0.05, 0.1) is 35.7 Å². The molecule has 3 aromatic rings. The van der Waals surface area contributed by atoms with Crippen LogP contribution in [0.25, 0.3) is 10.2 Å². The third-order valence-electron chi connectivity index (χ3n) is 6.99. The van der Waals surface area contributed by atoms with Gasteiger partial charge in [0, 0.05) is 5.92 Å². The van der Waals surface area contributed by atoms with Gasteiger partial charge >= 0.3 is 10.3 Å². The van der Waals surface area contributed by atoms with Crippen molar-refractivity contribution in [2.75, 3.05) is 13.7 Å². The molecule has 4 atom stereocenters. The van der Waals surface area contributed by atoms with Gasteiger partial charge in [-0.3, -0.25) is 4.18 Å². The SMILES string of the molecule is COc1ccc2c(c1)[C@@H](Cc1ncnc3c([C@@H]4C[C@@H](COS(N)(=O)=O)[C@@H](O)C4)csc13)CC2. The van der Waals surface area contributed by atoms with Crippen molar-refractivity contribution >= 4 is 31.9 Å². The molecule has 2 aliphatic carbocycles. The third-order valence-corrected chi connectivity index (χ3v) is 8.49. The van der Waals surface area contributed by atoms with Gasteiger partial charge in [-0.05, 0) is 78.1 Å². The molecule has 1 saturated carbocycles. The Bertz CT molecular complexity index is 1280. The Kier molecular flexibility index (Phi) is 6.13. The van der Waals surface area contributed by atoms with E-state index in [1.807, 2.05) is 6.07 Å². The van der Waals surface area contributed by atoms with E-state index in [1.165, 1.54) is 11.1 Å². The Morgan fingerprint density at radius 2 is 2.09 bits per heavy atom. The van der Waals surface area contributed by atoms with Crippen molar-refractivity contribution in [3.8, 4) is 5.75 Å². The van der Waals surface area contributed by atoms with Crippen LogP contribution in [0.2, 0.25) is 0 Å². The van der Waals surface area contributed by atoms with Crippen LogP contribution < -0.4 is 9.88 Å². The highest BCUT2D eigenvalue weighted by molar-refractivity contribution is 7.84. The van der Waals surface area contributed by atoms with Gasteiger partial charge in [0.1, 0.15) is 12.1 Å². The van der Waals surface area contributed by atoms with Gasteiger partial charge in [-0.2, -0.15) is 8.42 Å². The quantitative estimate of drug-likeness (QED) is 0.523. The topological polar surface area (TPSA) is 125 Å². The molecule has 0 bridgehead atoms. The minimum Gasteiger partial charge on any atom is -0.497 e. The Labute approximate surface area is 197 Å². The highest BCUT2D eigenvalue weighted by Crippen LogP contribution is 2.44. The van der Waals surface area contributed by atoms with Crippen LogP contribution in [0, 0.1) is 5.92 Å². The Morgan fingerprint density at radius 1 is 1.24 bits per heavy atom. The van der Waals surface area contributed by atoms with Crippen molar-refractivity contribution in [3.05, 3.63) is 52.3 Å². The van der Waals surface area contributed by atoms with Gasteiger partial charge in [-0.25, -0.2) is 15.1 Å². The highest BCUT2D eigenvalue weighted by Gasteiger charge is 2.36. The lowest BCUT2D eigenvalue weighted by Gasteiger charge is -2.13. The van der Waals surface area contributed by atoms with Crippen LogP contribution in [0.3, 0.4) is 0 Å². The molecule has 176 valence electrons. The molecule has 2 aromatic heterocycles. The van der Waals surface area contributed by atoms with Crippen molar-refractivity contribution in [1.29, 1.82) is 0 Å². The van der Waals surface area contributed by atoms with Crippen LogP contribution in [-0.4, -0.2) is 43.3 Å². The van der Waals surface area contributed by atoms with E-state index in [2.05, 4.69) is 27.5 Å². The Morgan fingerprint density at radius 3 is 2.88 bits per heavy atom. The number of fused-ring (bicyclic) bond motifs is 2. The number of aliphatic hydroxyl groups excluding tert-OH is 1. The van der Waals surface area contributed by atoms with Crippen LogP contribution >= 0.6 is 11.3 Å². The molecule has 0 saturated heterocycles. The maximum absolute atomic E-state index is 11.1. The number of rotatable bonds is 7. The van der Waals surface area contributed by atoms with Gasteiger partial charge in [0.25, 0.3) is 0 Å². The van der Waals surface area contributed by atoms with Crippen LogP contribution in [0.1, 0.15) is 53.5 Å². The molecule has 1 fully saturated rings. The van der Waals surface area contributed by atoms with Crippen molar-refractivity contribution < 1.29 is 22.4 Å². The average molecular weight is 490 g/mol. The number of hydrogen-bond donors (Lipinski definition) is 2. The summed E-state index contributed by atoms with van der Waals surface area (Å²) in [7, 11) is -2.33. The lowest BCUT2D eigenvalue weighted by atomic mass is 9.94. The number of nitrogens with zero attached hydrogens (tertiary/aromatic N) is 2. The number of aliphatic hydroxyl groups is 1. The maximum Gasteiger partial charge on any atom is 0.333 e. The molecule has 10 heteroatoms. The summed E-state index contributed by atoms with van der Waals surface area (Å²) < 4.78 is 33.5. The lowest BCUT2D eigenvalue weighted by Crippen LogP contribution is -2.24. The molecule has 0 amide bonds. The third kappa shape index (κ3) is 4.63. The summed E-state index contributed by atoms with van der Waals surface area (Å²) >= 11 is 1.64. The molecule has 1 aromatic carbocycles. The van der Waals surface area contributed by atoms with Gasteiger partial charge < -0.3 is 9.84 Å². The number of aromatic nitrogens is 2. The molecule has 2 aliphatic rings. The molecule has 8 nitrogen and oxygen atoms in total. The summed E-state index contributed by atoms with van der Waals surface area (Å²) in [6.45, 7) is -0.108. The van der Waals surface area contributed by atoms with Crippen molar-refractivity contribution in [2.24, 2.45) is 11.1 Å². The molecule has 0 radical (unpaired) electrons. The molecule has 5 rings (SSSR count). The number of nitrogens with two attached hydrogens (primary N) is 1. The van der Waals surface area contributed by atoms with Crippen LogP contribution in [0.4, 0.5) is 0 Å². The highest BCUT2D eigenvalue weighted by atomic mass is 32.2. The number of methoxy groups -OCH3 is 1. The number of hydrogen-bond acceptors (Lipinski definition) is 8. The standard InChI is InChI=1S/C23H27N3O5S2/c1-30-17-5-4-13-2-3-14(18(13)9-17)7-20-23-22(26-12-25-20)19(11-32-23)15-6-16(21(27)8-15)10-31-33(24,28)29/h4-5,9,11-12,14-16,21,27H,2-3,6-8,10H2,1H3,(H2,24,28,29)/t14-,15-,16+,21+/m1/s1. The summed E-state index contributed by atoms with van der Waals surface area (Å²) in [5, 5.41) is 17.5. The summed E-state index contributed by atoms with van der Waals surface area (Å²) in [4.78, 5) is 9.21. The minimum absolute atomic E-state index is 0.0852. The molecule has 2 heterocycles. The zero-order valence-corrected chi connectivity index (χ0v) is 19.9. The van der Waals surface area contributed by atoms with Crippen molar-refractivity contribution in [3.63, 3.8) is 0 Å². The second-order valence-electron chi connectivity index (χ2n) is 8.97. The zero-order chi connectivity index (χ0) is 23.2. The summed E-state index contributed by atoms with van der Waals surface area (Å²) in [6.07, 6.45) is 5.15. The van der Waals surface area contributed by atoms with Crippen LogP contribution in [0.5, 0.6) is 5.75 Å². The summed E-state index contributed by atoms with van der Waals surface area (Å²) in [5.74, 6) is 1.08. The summed E-state index contributed by atoms with van der Waals surface area (Å²) in [5.41, 5.74) is 5.79. The first-order chi connectivity index (χ1) is 15.8. The predicted molar refractivity (Wildman–Crippen MR) is 126 cm³/mol. The van der Waals surface area contributed by atoms with Crippen molar-refractivity contribution in [1.82, 2.24) is 9.97 Å². The monoisotopic (exact) mass is 489 g/mol. The zero-order valence-electron chi connectivity index (χ0n) is 18.3. The smallest absolute Gasteiger partial charge is 0.333 e. The fraction of sp³-hybridized carbons (Fsp3) is 0.478. The average Bonchev–Trinajstić information content (AvgIpc) is 3.48. The van der Waals surface area contributed by atoms with Crippen LogP contribution in [0.15, 0.2) is 29.9 Å². The Balaban J connectivity index is 1.37. The van der Waals surface area contributed by atoms with Gasteiger partial charge in [0.15, 0.2) is 0 Å². The molecule has 3 N–H and O–H groups in total. The molecular formula is C23H27N3O5S2. The summed E-state index contributed by atoms with van der Waals surface area (Å²) in [6, 6.07) is 6.33. The maximum atomic E-state index is 11.1. The molecule has 0 spiro atoms. The second kappa shape index (κ2) is 8.92. The normalized spacial score (nSPS) is 24.9. The number of thiophene rings is 1. The van der Waals surface area contributed by atoms with E-state index in [1.54, 1.807) is 24.8 Å². The number of benzene rings is 1. The second-order valence-corrected chi connectivity index (χ2v) is 11.1. The lowest BCUT2D eigenvalue weighted by molar-refractivity contribution is 0.101. The van der Waals surface area contributed by atoms with Crippen LogP contribution in [-0.2, 0) is 27.3 Å². The van der Waals surface area contributed by atoms with E-state index in [-0.39, 0.29) is 18.4 Å². The first-order valence-corrected chi connectivity index (χ1v) is 13.4. The van der Waals surface area contributed by atoms with Gasteiger partial charge in [-0.15, -0.1) is 11.3 Å². The molecule has 0 aliphatic heterocycles. The van der Waals surface area contributed by atoms with E-state index in [4.69, 9.17) is 14.1 Å². The predicted octanol–water partition coefficient (Wildman–Crippen LogP) is 3.05. The fourth-order valence-corrected chi connectivity index (χ4v) is 6.78. The Hall–Kier alpha value is -2.11. The largest absolute Gasteiger partial charge is 0.497 e. The minimum atomic E-state index is -4.02. The first-order valence-electron chi connectivity index (χ1n) is 11.1. The number of aryl methyl sites for hydroxylation is 1. The van der Waals surface area contributed by atoms with Crippen molar-refractivity contribution in [2.45, 2.75) is 50.0 Å². The van der Waals surface area contributed by atoms with Gasteiger partial charge in [0.2, 0.25) is 0 Å². The van der Waals surface area contributed by atoms with E-state index in [0.717, 1.165) is 46.5 Å². The molecule has 0 unspecified atom stereocenters. The van der Waals surface area contributed by atoms with E-state index in [0.29, 0.717) is 18.8 Å². The number of ether oxygens (including phenoxy) is 1.